The first-order chi connectivity index (χ1) is 15.1. The lowest BCUT2D eigenvalue weighted by Gasteiger charge is -2.45. The minimum absolute atomic E-state index is 0.101. The SMILES string of the molecule is CCOC(=O)C([C@]1(c2ccc(-c3occ4ccccc34)s2)CCCCS1(=O)=O)[Si](C)(C)C. The highest BCUT2D eigenvalue weighted by Crippen LogP contribution is 2.55. The third kappa shape index (κ3) is 3.76. The molecule has 3 aromatic rings. The van der Waals surface area contributed by atoms with Gasteiger partial charge in [0.15, 0.2) is 15.6 Å². The van der Waals surface area contributed by atoms with Gasteiger partial charge in [0.2, 0.25) is 0 Å². The summed E-state index contributed by atoms with van der Waals surface area (Å²) in [6.07, 6.45) is 3.57. The number of furan rings is 1. The maximum absolute atomic E-state index is 13.8. The second-order valence-electron chi connectivity index (χ2n) is 9.53. The Bertz CT molecular complexity index is 1230. The van der Waals surface area contributed by atoms with E-state index < -0.39 is 28.2 Å². The van der Waals surface area contributed by atoms with Crippen LogP contribution in [0.2, 0.25) is 25.2 Å². The van der Waals surface area contributed by atoms with E-state index in [2.05, 4.69) is 19.6 Å². The van der Waals surface area contributed by atoms with Gasteiger partial charge in [-0.25, -0.2) is 8.42 Å². The number of rotatable bonds is 6. The molecule has 2 atom stereocenters. The zero-order chi connectivity index (χ0) is 23.1. The van der Waals surface area contributed by atoms with Crippen LogP contribution in [0.25, 0.3) is 21.4 Å². The minimum Gasteiger partial charge on any atom is -0.466 e. The van der Waals surface area contributed by atoms with Crippen LogP contribution in [-0.2, 0) is 24.1 Å². The third-order valence-corrected chi connectivity index (χ3v) is 13.0. The second-order valence-corrected chi connectivity index (χ2v) is 18.3. The van der Waals surface area contributed by atoms with Crippen LogP contribution in [0.15, 0.2) is 47.1 Å². The van der Waals surface area contributed by atoms with Crippen molar-refractivity contribution in [2.24, 2.45) is 0 Å². The average Bonchev–Trinajstić information content (AvgIpc) is 3.35. The van der Waals surface area contributed by atoms with Crippen molar-refractivity contribution in [3.63, 3.8) is 0 Å². The number of carbonyl (C=O) groups excluding carboxylic acids is 1. The van der Waals surface area contributed by atoms with Crippen LogP contribution in [0, 0.1) is 0 Å². The maximum Gasteiger partial charge on any atom is 0.308 e. The molecule has 1 aliphatic heterocycles. The molecule has 0 saturated carbocycles. The molecule has 0 aliphatic carbocycles. The van der Waals surface area contributed by atoms with Crippen molar-refractivity contribution in [2.75, 3.05) is 12.4 Å². The summed E-state index contributed by atoms with van der Waals surface area (Å²) < 4.78 is 37.7. The lowest BCUT2D eigenvalue weighted by molar-refractivity contribution is -0.144. The fourth-order valence-electron chi connectivity index (χ4n) is 5.10. The van der Waals surface area contributed by atoms with E-state index in [1.807, 2.05) is 36.4 Å². The van der Waals surface area contributed by atoms with E-state index >= 15 is 0 Å². The van der Waals surface area contributed by atoms with Crippen molar-refractivity contribution in [1.82, 2.24) is 0 Å². The molecule has 172 valence electrons. The van der Waals surface area contributed by atoms with Gasteiger partial charge in [0.1, 0.15) is 4.75 Å². The van der Waals surface area contributed by atoms with Crippen molar-refractivity contribution in [2.45, 2.75) is 56.1 Å². The highest BCUT2D eigenvalue weighted by molar-refractivity contribution is 7.92. The molecule has 1 aromatic carbocycles. The molecule has 8 heteroatoms. The fourth-order valence-corrected chi connectivity index (χ4v) is 13.2. The van der Waals surface area contributed by atoms with Crippen molar-refractivity contribution >= 4 is 46.0 Å². The zero-order valence-electron chi connectivity index (χ0n) is 19.0. The lowest BCUT2D eigenvalue weighted by Crippen LogP contribution is -2.54. The summed E-state index contributed by atoms with van der Waals surface area (Å²) >= 11 is 1.43. The van der Waals surface area contributed by atoms with E-state index in [4.69, 9.17) is 9.15 Å². The number of hydrogen-bond donors (Lipinski definition) is 0. The van der Waals surface area contributed by atoms with E-state index in [1.165, 1.54) is 11.3 Å². The van der Waals surface area contributed by atoms with E-state index in [9.17, 15) is 13.2 Å². The van der Waals surface area contributed by atoms with Crippen LogP contribution < -0.4 is 0 Å². The number of fused-ring (bicyclic) bond motifs is 1. The van der Waals surface area contributed by atoms with Crippen LogP contribution in [0.5, 0.6) is 0 Å². The van der Waals surface area contributed by atoms with Gasteiger partial charge in [0, 0.05) is 15.6 Å². The predicted molar refractivity (Wildman–Crippen MR) is 133 cm³/mol. The number of ether oxygens (including phenoxy) is 1. The van der Waals surface area contributed by atoms with E-state index in [0.717, 1.165) is 32.7 Å². The number of thiophene rings is 1. The summed E-state index contributed by atoms with van der Waals surface area (Å²) in [5.74, 6) is 0.459. The fraction of sp³-hybridized carbons (Fsp3) is 0.458. The predicted octanol–water partition coefficient (Wildman–Crippen LogP) is 6.23. The van der Waals surface area contributed by atoms with Gasteiger partial charge in [0.05, 0.1) is 37.1 Å². The third-order valence-electron chi connectivity index (χ3n) is 6.38. The molecule has 1 unspecified atom stereocenters. The number of benzene rings is 1. The molecule has 2 aromatic heterocycles. The van der Waals surface area contributed by atoms with E-state index in [1.54, 1.807) is 13.2 Å². The Morgan fingerprint density at radius 1 is 1.19 bits per heavy atom. The van der Waals surface area contributed by atoms with Crippen molar-refractivity contribution < 1.29 is 22.4 Å². The normalized spacial score (nSPS) is 22.0. The van der Waals surface area contributed by atoms with Gasteiger partial charge >= 0.3 is 5.97 Å². The van der Waals surface area contributed by atoms with Gasteiger partial charge in [-0.2, -0.15) is 0 Å². The smallest absolute Gasteiger partial charge is 0.308 e. The zero-order valence-corrected chi connectivity index (χ0v) is 21.6. The first-order valence-electron chi connectivity index (χ1n) is 11.1. The van der Waals surface area contributed by atoms with Crippen LogP contribution in [0.3, 0.4) is 0 Å². The molecule has 4 rings (SSSR count). The number of carbonyl (C=O) groups is 1. The maximum atomic E-state index is 13.8. The second kappa shape index (κ2) is 8.46. The molecule has 0 radical (unpaired) electrons. The summed E-state index contributed by atoms with van der Waals surface area (Å²) in [5, 5.41) is 2.00. The Morgan fingerprint density at radius 3 is 2.62 bits per heavy atom. The number of hydrogen-bond acceptors (Lipinski definition) is 6. The summed E-state index contributed by atoms with van der Waals surface area (Å²) in [5.41, 5.74) is -0.667. The monoisotopic (exact) mass is 490 g/mol. The molecule has 1 fully saturated rings. The molecule has 3 heterocycles. The van der Waals surface area contributed by atoms with Crippen LogP contribution in [-0.4, -0.2) is 34.8 Å². The Labute approximate surface area is 194 Å². The molecule has 32 heavy (non-hydrogen) atoms. The summed E-state index contributed by atoms with van der Waals surface area (Å²) in [6, 6.07) is 11.8. The molecular weight excluding hydrogens is 460 g/mol. The first kappa shape index (κ1) is 23.3. The molecule has 5 nitrogen and oxygen atoms in total. The Kier molecular flexibility index (Phi) is 6.15. The lowest BCUT2D eigenvalue weighted by atomic mass is 9.94. The quantitative estimate of drug-likeness (QED) is 0.303. The molecular formula is C24H30O5S2Si. The highest BCUT2D eigenvalue weighted by Gasteiger charge is 2.60. The molecule has 0 amide bonds. The van der Waals surface area contributed by atoms with Crippen LogP contribution >= 0.6 is 11.3 Å². The Balaban J connectivity index is 1.92. The average molecular weight is 491 g/mol. The standard InChI is InChI=1S/C24H30O5S2Si/c1-5-28-23(25)22(32(2,3)4)24(14-8-9-15-31(24,26)27)20-13-12-19(30-20)21-18-11-7-6-10-17(18)16-29-21/h6-7,10-13,16,22H,5,8-9,14-15H2,1-4H3/t22?,24-/m1/s1. The van der Waals surface area contributed by atoms with E-state index in [0.29, 0.717) is 12.8 Å². The Hall–Kier alpha value is -1.90. The van der Waals surface area contributed by atoms with Gasteiger partial charge in [-0.05, 0) is 31.9 Å². The summed E-state index contributed by atoms with van der Waals surface area (Å²) in [7, 11) is -5.86. The molecule has 1 aliphatic rings. The molecule has 0 N–H and O–H groups in total. The van der Waals surface area contributed by atoms with Crippen molar-refractivity contribution in [3.8, 4) is 10.6 Å². The van der Waals surface area contributed by atoms with Gasteiger partial charge in [0.25, 0.3) is 0 Å². The van der Waals surface area contributed by atoms with Crippen LogP contribution in [0.1, 0.15) is 31.1 Å². The van der Waals surface area contributed by atoms with Crippen molar-refractivity contribution in [3.05, 3.63) is 47.5 Å². The highest BCUT2D eigenvalue weighted by atomic mass is 32.2. The Morgan fingerprint density at radius 2 is 1.94 bits per heavy atom. The van der Waals surface area contributed by atoms with Gasteiger partial charge in [-0.15, -0.1) is 11.3 Å². The first-order valence-corrected chi connectivity index (χ1v) is 17.1. The largest absolute Gasteiger partial charge is 0.466 e. The van der Waals surface area contributed by atoms with E-state index in [-0.39, 0.29) is 18.3 Å². The van der Waals surface area contributed by atoms with Gasteiger partial charge in [-0.1, -0.05) is 50.3 Å². The minimum atomic E-state index is -3.57. The molecule has 1 saturated heterocycles. The van der Waals surface area contributed by atoms with Gasteiger partial charge < -0.3 is 9.15 Å². The van der Waals surface area contributed by atoms with Crippen molar-refractivity contribution in [1.29, 1.82) is 0 Å². The number of sulfone groups is 1. The van der Waals surface area contributed by atoms with Crippen LogP contribution in [0.4, 0.5) is 0 Å². The topological polar surface area (TPSA) is 73.6 Å². The molecule has 0 bridgehead atoms. The summed E-state index contributed by atoms with van der Waals surface area (Å²) in [6.45, 7) is 8.20. The summed E-state index contributed by atoms with van der Waals surface area (Å²) in [4.78, 5) is 14.9. The van der Waals surface area contributed by atoms with Gasteiger partial charge in [-0.3, -0.25) is 4.79 Å². The number of esters is 1. The molecule has 0 spiro atoms.